The van der Waals surface area contributed by atoms with E-state index in [9.17, 15) is 0 Å². The normalized spacial score (nSPS) is 15.0. The molecule has 0 radical (unpaired) electrons. The molecular weight excluding hydrogens is 538 g/mol. The monoisotopic (exact) mass is 565 g/mol. The number of hydrogen-bond donors (Lipinski definition) is 1. The topological polar surface area (TPSA) is 47.1 Å². The maximum atomic E-state index is 5.29. The van der Waals surface area contributed by atoms with Crippen molar-refractivity contribution in [3.05, 3.63) is 163 Å². The van der Waals surface area contributed by atoms with Crippen molar-refractivity contribution < 1.29 is 0 Å². The smallest absolute Gasteiger partial charge is 0.149 e. The summed E-state index contributed by atoms with van der Waals surface area (Å²) in [6.07, 6.45) is 5.64. The number of nitrogens with zero attached hydrogens (tertiary/aromatic N) is 4. The van der Waals surface area contributed by atoms with Crippen molar-refractivity contribution in [3.8, 4) is 5.69 Å². The molecule has 8 aromatic rings. The van der Waals surface area contributed by atoms with Gasteiger partial charge in [-0.3, -0.25) is 4.98 Å². The van der Waals surface area contributed by atoms with E-state index in [0.29, 0.717) is 0 Å². The van der Waals surface area contributed by atoms with Crippen LogP contribution >= 0.6 is 0 Å². The first-order valence-electron chi connectivity index (χ1n) is 14.9. The van der Waals surface area contributed by atoms with E-state index in [0.717, 1.165) is 39.4 Å². The molecular formula is C39H27N5. The molecule has 5 nitrogen and oxygen atoms in total. The van der Waals surface area contributed by atoms with Crippen LogP contribution in [0.4, 0.5) is 0 Å². The van der Waals surface area contributed by atoms with Gasteiger partial charge < -0.3 is 14.5 Å². The lowest BCUT2D eigenvalue weighted by atomic mass is 10.1. The second kappa shape index (κ2) is 9.82. The Bertz CT molecular complexity index is 2300. The first kappa shape index (κ1) is 24.6. The number of aromatic nitrogens is 3. The average molecular weight is 566 g/mol. The number of hydrogen-bond acceptors (Lipinski definition) is 3. The zero-order chi connectivity index (χ0) is 29.0. The molecule has 3 aromatic heterocycles. The predicted molar refractivity (Wildman–Crippen MR) is 181 cm³/mol. The van der Waals surface area contributed by atoms with E-state index in [1.807, 2.05) is 30.5 Å². The highest BCUT2D eigenvalue weighted by Crippen LogP contribution is 2.38. The minimum atomic E-state index is -0.261. The number of amidine groups is 1. The summed E-state index contributed by atoms with van der Waals surface area (Å²) in [6.45, 7) is 0. The van der Waals surface area contributed by atoms with E-state index < -0.39 is 0 Å². The molecule has 0 aliphatic carbocycles. The van der Waals surface area contributed by atoms with Gasteiger partial charge in [-0.05, 0) is 54.6 Å². The highest BCUT2D eigenvalue weighted by atomic mass is 15.2. The van der Waals surface area contributed by atoms with Gasteiger partial charge in [0.15, 0.2) is 0 Å². The summed E-state index contributed by atoms with van der Waals surface area (Å²) in [5.41, 5.74) is 8.89. The van der Waals surface area contributed by atoms with E-state index in [2.05, 4.69) is 135 Å². The van der Waals surface area contributed by atoms with Crippen molar-refractivity contribution in [2.24, 2.45) is 4.99 Å². The number of fused-ring (bicyclic) bond motifs is 6. The summed E-state index contributed by atoms with van der Waals surface area (Å²) in [5, 5.41) is 8.52. The molecule has 4 heterocycles. The number of benzene rings is 5. The van der Waals surface area contributed by atoms with E-state index in [1.54, 1.807) is 6.20 Å². The molecule has 1 aliphatic rings. The van der Waals surface area contributed by atoms with Crippen molar-refractivity contribution in [1.82, 2.24) is 19.4 Å². The summed E-state index contributed by atoms with van der Waals surface area (Å²) in [4.78, 5) is 9.68. The molecule has 9 rings (SSSR count). The van der Waals surface area contributed by atoms with Crippen LogP contribution in [0, 0.1) is 0 Å². The third-order valence-corrected chi connectivity index (χ3v) is 8.65. The predicted octanol–water partition coefficient (Wildman–Crippen LogP) is 8.88. The van der Waals surface area contributed by atoms with Gasteiger partial charge in [0.2, 0.25) is 0 Å². The SMILES string of the molecule is C1=C(c2cccnc2)NC(c2ccccc2)=NC1n1c2ccccc2c2cc(-n3c4ccccc4c4ccccc43)ccc21. The highest BCUT2D eigenvalue weighted by Gasteiger charge is 2.23. The molecule has 0 amide bonds. The van der Waals surface area contributed by atoms with Gasteiger partial charge in [0.05, 0.1) is 22.1 Å². The van der Waals surface area contributed by atoms with Crippen LogP contribution in [-0.4, -0.2) is 20.0 Å². The van der Waals surface area contributed by atoms with Crippen LogP contribution in [-0.2, 0) is 0 Å². The molecule has 1 aliphatic heterocycles. The number of aliphatic imine (C=N–C) groups is 1. The zero-order valence-corrected chi connectivity index (χ0v) is 23.8. The van der Waals surface area contributed by atoms with Crippen LogP contribution < -0.4 is 5.32 Å². The molecule has 0 fully saturated rings. The van der Waals surface area contributed by atoms with Gasteiger partial charge in [0.25, 0.3) is 0 Å². The number of pyridine rings is 1. The Morgan fingerprint density at radius 2 is 1.16 bits per heavy atom. The first-order chi connectivity index (χ1) is 21.8. The van der Waals surface area contributed by atoms with Crippen LogP contribution in [0.2, 0.25) is 0 Å². The van der Waals surface area contributed by atoms with E-state index >= 15 is 0 Å². The van der Waals surface area contributed by atoms with Crippen LogP contribution in [0.5, 0.6) is 0 Å². The average Bonchev–Trinajstić information content (AvgIpc) is 3.61. The fraction of sp³-hybridized carbons (Fsp3) is 0.0256. The fourth-order valence-corrected chi connectivity index (χ4v) is 6.70. The molecule has 5 aromatic carbocycles. The first-order valence-corrected chi connectivity index (χ1v) is 14.9. The molecule has 5 heteroatoms. The number of nitrogens with one attached hydrogen (secondary N) is 1. The molecule has 0 saturated carbocycles. The van der Waals surface area contributed by atoms with Crippen LogP contribution in [0.3, 0.4) is 0 Å². The van der Waals surface area contributed by atoms with Gasteiger partial charge in [0, 0.05) is 56.4 Å². The number of rotatable bonds is 4. The Balaban J connectivity index is 1.29. The lowest BCUT2D eigenvalue weighted by Crippen LogP contribution is -2.29. The molecule has 1 N–H and O–H groups in total. The van der Waals surface area contributed by atoms with Gasteiger partial charge in [-0.25, -0.2) is 4.99 Å². The van der Waals surface area contributed by atoms with Crippen molar-refractivity contribution in [2.45, 2.75) is 6.17 Å². The van der Waals surface area contributed by atoms with Gasteiger partial charge in [0.1, 0.15) is 12.0 Å². The lowest BCUT2D eigenvalue weighted by Gasteiger charge is -2.25. The molecule has 1 atom stereocenters. The Kier molecular flexibility index (Phi) is 5.50. The lowest BCUT2D eigenvalue weighted by molar-refractivity contribution is 0.668. The van der Waals surface area contributed by atoms with Gasteiger partial charge in [-0.2, -0.15) is 0 Å². The fourth-order valence-electron chi connectivity index (χ4n) is 6.70. The Morgan fingerprint density at radius 1 is 0.545 bits per heavy atom. The molecule has 1 unspecified atom stereocenters. The largest absolute Gasteiger partial charge is 0.340 e. The highest BCUT2D eigenvalue weighted by molar-refractivity contribution is 6.12. The maximum Gasteiger partial charge on any atom is 0.149 e. The Labute approximate surface area is 254 Å². The second-order valence-corrected chi connectivity index (χ2v) is 11.2. The maximum absolute atomic E-state index is 5.29. The van der Waals surface area contributed by atoms with Gasteiger partial charge >= 0.3 is 0 Å². The van der Waals surface area contributed by atoms with E-state index in [4.69, 9.17) is 4.99 Å². The standard InChI is InChI=1S/C39H27N5/c1-2-11-26(12-3-1)39-41-33(27-13-10-22-40-25-27)24-38(42-39)44-36-19-9-6-16-31(36)32-23-28(20-21-37(32)44)43-34-17-7-4-14-29(34)30-15-5-8-18-35(30)43/h1-25,38H,(H,41,42). The van der Waals surface area contributed by atoms with Crippen LogP contribution in [0.25, 0.3) is 55.0 Å². The van der Waals surface area contributed by atoms with Crippen LogP contribution in [0.1, 0.15) is 17.3 Å². The quantitative estimate of drug-likeness (QED) is 0.232. The van der Waals surface area contributed by atoms with Gasteiger partial charge in [-0.15, -0.1) is 0 Å². The third kappa shape index (κ3) is 3.80. The van der Waals surface area contributed by atoms with Gasteiger partial charge in [-0.1, -0.05) is 84.9 Å². The van der Waals surface area contributed by atoms with Crippen LogP contribution in [0.15, 0.2) is 157 Å². The second-order valence-electron chi connectivity index (χ2n) is 11.2. The Hall–Kier alpha value is -5.94. The summed E-state index contributed by atoms with van der Waals surface area (Å²) < 4.78 is 4.74. The zero-order valence-electron chi connectivity index (χ0n) is 23.8. The molecule has 0 spiro atoms. The molecule has 0 saturated heterocycles. The summed E-state index contributed by atoms with van der Waals surface area (Å²) in [5.74, 6) is 0.838. The summed E-state index contributed by atoms with van der Waals surface area (Å²) in [6, 6.07) is 47.2. The van der Waals surface area contributed by atoms with Crippen molar-refractivity contribution in [3.63, 3.8) is 0 Å². The minimum absolute atomic E-state index is 0.261. The minimum Gasteiger partial charge on any atom is -0.340 e. The molecule has 208 valence electrons. The summed E-state index contributed by atoms with van der Waals surface area (Å²) >= 11 is 0. The molecule has 0 bridgehead atoms. The van der Waals surface area contributed by atoms with Crippen molar-refractivity contribution in [2.75, 3.05) is 0 Å². The third-order valence-electron chi connectivity index (χ3n) is 8.65. The van der Waals surface area contributed by atoms with Crippen molar-refractivity contribution in [1.29, 1.82) is 0 Å². The molecule has 44 heavy (non-hydrogen) atoms. The Morgan fingerprint density at radius 3 is 1.86 bits per heavy atom. The van der Waals surface area contributed by atoms with E-state index in [-0.39, 0.29) is 6.17 Å². The number of para-hydroxylation sites is 3. The van der Waals surface area contributed by atoms with E-state index in [1.165, 1.54) is 32.6 Å². The van der Waals surface area contributed by atoms with Crippen molar-refractivity contribution >= 4 is 55.1 Å². The summed E-state index contributed by atoms with van der Waals surface area (Å²) in [7, 11) is 0.